The van der Waals surface area contributed by atoms with Gasteiger partial charge in [-0.2, -0.15) is 0 Å². The molecule has 0 atom stereocenters. The summed E-state index contributed by atoms with van der Waals surface area (Å²) in [5.74, 6) is 1.93. The zero-order chi connectivity index (χ0) is 15.0. The first-order valence-corrected chi connectivity index (χ1v) is 7.78. The highest BCUT2D eigenvalue weighted by Gasteiger charge is 2.10. The molecule has 0 saturated heterocycles. The van der Waals surface area contributed by atoms with E-state index in [0.717, 1.165) is 31.6 Å². The van der Waals surface area contributed by atoms with Crippen LogP contribution >= 0.6 is 0 Å². The Hall–Kier alpha value is -1.06. The molecule has 0 aliphatic heterocycles. The van der Waals surface area contributed by atoms with Crippen LogP contribution in [0.3, 0.4) is 0 Å². The molecule has 0 radical (unpaired) electrons. The Kier molecular flexibility index (Phi) is 7.63. The van der Waals surface area contributed by atoms with Gasteiger partial charge in [-0.3, -0.25) is 0 Å². The van der Waals surface area contributed by atoms with Gasteiger partial charge < -0.3 is 16.2 Å². The molecule has 3 heteroatoms. The average Bonchev–Trinajstić information content (AvgIpc) is 2.46. The van der Waals surface area contributed by atoms with Gasteiger partial charge >= 0.3 is 0 Å². The van der Waals surface area contributed by atoms with Crippen LogP contribution in [0, 0.1) is 5.92 Å². The first kappa shape index (κ1) is 17.0. The second-order valence-corrected chi connectivity index (χ2v) is 5.75. The second-order valence-electron chi connectivity index (χ2n) is 5.75. The quantitative estimate of drug-likeness (QED) is 0.730. The molecule has 1 aromatic rings. The maximum Gasteiger partial charge on any atom is 0.122 e. The van der Waals surface area contributed by atoms with Crippen molar-refractivity contribution in [2.24, 2.45) is 17.4 Å². The number of hydrogen-bond acceptors (Lipinski definition) is 3. The summed E-state index contributed by atoms with van der Waals surface area (Å²) in [5, 5.41) is 0. The molecule has 4 N–H and O–H groups in total. The van der Waals surface area contributed by atoms with E-state index in [1.807, 2.05) is 0 Å². The third-order valence-electron chi connectivity index (χ3n) is 3.67. The number of hydrogen-bond donors (Lipinski definition) is 2. The van der Waals surface area contributed by atoms with Crippen LogP contribution in [0.5, 0.6) is 5.75 Å². The number of aryl methyl sites for hydroxylation is 1. The molecule has 0 amide bonds. The van der Waals surface area contributed by atoms with Gasteiger partial charge in [0.1, 0.15) is 5.75 Å². The third-order valence-corrected chi connectivity index (χ3v) is 3.67. The van der Waals surface area contributed by atoms with Gasteiger partial charge in [0.05, 0.1) is 6.61 Å². The van der Waals surface area contributed by atoms with Crippen LogP contribution in [-0.4, -0.2) is 19.7 Å². The fraction of sp³-hybridized carbons (Fsp3) is 0.647. The van der Waals surface area contributed by atoms with Gasteiger partial charge in [-0.1, -0.05) is 32.9 Å². The van der Waals surface area contributed by atoms with Crippen molar-refractivity contribution in [1.29, 1.82) is 0 Å². The lowest BCUT2D eigenvalue weighted by Crippen LogP contribution is -2.23. The van der Waals surface area contributed by atoms with E-state index in [2.05, 4.69) is 39.0 Å². The number of nitrogens with two attached hydrogens (primary N) is 2. The number of benzene rings is 1. The van der Waals surface area contributed by atoms with Gasteiger partial charge in [-0.15, -0.1) is 0 Å². The zero-order valence-electron chi connectivity index (χ0n) is 13.2. The van der Waals surface area contributed by atoms with E-state index < -0.39 is 0 Å². The van der Waals surface area contributed by atoms with E-state index in [1.54, 1.807) is 0 Å². The minimum Gasteiger partial charge on any atom is -0.493 e. The summed E-state index contributed by atoms with van der Waals surface area (Å²) in [6.07, 6.45) is 3.13. The van der Waals surface area contributed by atoms with Crippen molar-refractivity contribution < 1.29 is 4.74 Å². The minimum absolute atomic E-state index is 0.425. The molecule has 0 spiro atoms. The molecule has 1 rings (SSSR count). The lowest BCUT2D eigenvalue weighted by molar-refractivity contribution is 0.313. The van der Waals surface area contributed by atoms with Crippen molar-refractivity contribution in [3.8, 4) is 5.75 Å². The topological polar surface area (TPSA) is 61.3 Å². The normalized spacial score (nSPS) is 11.3. The van der Waals surface area contributed by atoms with Gasteiger partial charge in [0.15, 0.2) is 0 Å². The molecule has 0 unspecified atom stereocenters. The number of ether oxygens (including phenoxy) is 1. The maximum absolute atomic E-state index is 5.83. The summed E-state index contributed by atoms with van der Waals surface area (Å²) >= 11 is 0. The van der Waals surface area contributed by atoms with Gasteiger partial charge in [-0.25, -0.2) is 0 Å². The Labute approximate surface area is 123 Å². The molecule has 114 valence electrons. The molecule has 0 bridgehead atoms. The summed E-state index contributed by atoms with van der Waals surface area (Å²) in [6.45, 7) is 8.67. The van der Waals surface area contributed by atoms with Crippen LogP contribution < -0.4 is 16.2 Å². The molecule has 1 aromatic carbocycles. The van der Waals surface area contributed by atoms with Gasteiger partial charge in [0.2, 0.25) is 0 Å². The third kappa shape index (κ3) is 5.14. The first-order valence-electron chi connectivity index (χ1n) is 7.78. The monoisotopic (exact) mass is 278 g/mol. The van der Waals surface area contributed by atoms with Crippen molar-refractivity contribution in [2.75, 3.05) is 19.7 Å². The SMILES string of the molecule is CCCOc1ccc(CCC(CN)CN)cc1C(C)C. The highest BCUT2D eigenvalue weighted by atomic mass is 16.5. The first-order chi connectivity index (χ1) is 9.62. The van der Waals surface area contributed by atoms with E-state index in [4.69, 9.17) is 16.2 Å². The predicted octanol–water partition coefficient (Wildman–Crippen LogP) is 3.07. The Morgan fingerprint density at radius 1 is 1.15 bits per heavy atom. The van der Waals surface area contributed by atoms with Crippen molar-refractivity contribution in [3.63, 3.8) is 0 Å². The molecular formula is C17H30N2O. The van der Waals surface area contributed by atoms with Gasteiger partial charge in [0.25, 0.3) is 0 Å². The molecule has 0 aromatic heterocycles. The van der Waals surface area contributed by atoms with Gasteiger partial charge in [-0.05, 0) is 61.4 Å². The minimum atomic E-state index is 0.425. The lowest BCUT2D eigenvalue weighted by atomic mass is 9.95. The smallest absolute Gasteiger partial charge is 0.122 e. The standard InChI is InChI=1S/C17H30N2O/c1-4-9-20-17-8-7-14(10-16(17)13(2)3)5-6-15(11-18)12-19/h7-8,10,13,15H,4-6,9,11-12,18-19H2,1-3H3. The van der Waals surface area contributed by atoms with Crippen LogP contribution in [0.25, 0.3) is 0 Å². The zero-order valence-corrected chi connectivity index (χ0v) is 13.2. The van der Waals surface area contributed by atoms with Crippen molar-refractivity contribution in [3.05, 3.63) is 29.3 Å². The van der Waals surface area contributed by atoms with Crippen LogP contribution in [0.1, 0.15) is 50.7 Å². The summed E-state index contributed by atoms with van der Waals surface area (Å²) in [5.41, 5.74) is 14.1. The Balaban J connectivity index is 2.76. The Morgan fingerprint density at radius 3 is 2.40 bits per heavy atom. The summed E-state index contributed by atoms with van der Waals surface area (Å²) in [6, 6.07) is 6.56. The van der Waals surface area contributed by atoms with Crippen LogP contribution in [0.4, 0.5) is 0 Å². The molecule has 0 heterocycles. The molecule has 20 heavy (non-hydrogen) atoms. The second kappa shape index (κ2) is 8.98. The van der Waals surface area contributed by atoms with E-state index in [9.17, 15) is 0 Å². The number of rotatable bonds is 9. The van der Waals surface area contributed by atoms with Crippen molar-refractivity contribution >= 4 is 0 Å². The molecule has 0 fully saturated rings. The molecule has 0 aliphatic rings. The average molecular weight is 278 g/mol. The van der Waals surface area contributed by atoms with Crippen LogP contribution in [-0.2, 0) is 6.42 Å². The van der Waals surface area contributed by atoms with E-state index in [0.29, 0.717) is 24.9 Å². The van der Waals surface area contributed by atoms with Crippen molar-refractivity contribution in [1.82, 2.24) is 0 Å². The molecule has 0 aliphatic carbocycles. The largest absolute Gasteiger partial charge is 0.493 e. The Bertz CT molecular complexity index is 387. The fourth-order valence-electron chi connectivity index (χ4n) is 2.25. The fourth-order valence-corrected chi connectivity index (χ4v) is 2.25. The van der Waals surface area contributed by atoms with E-state index in [1.165, 1.54) is 11.1 Å². The lowest BCUT2D eigenvalue weighted by Gasteiger charge is -2.16. The molecule has 0 saturated carbocycles. The highest BCUT2D eigenvalue weighted by molar-refractivity contribution is 5.39. The summed E-state index contributed by atoms with van der Waals surface area (Å²) < 4.78 is 5.83. The van der Waals surface area contributed by atoms with Gasteiger partial charge in [0, 0.05) is 0 Å². The maximum atomic E-state index is 5.83. The van der Waals surface area contributed by atoms with Crippen LogP contribution in [0.2, 0.25) is 0 Å². The Morgan fingerprint density at radius 2 is 1.85 bits per heavy atom. The van der Waals surface area contributed by atoms with E-state index >= 15 is 0 Å². The molecular weight excluding hydrogens is 248 g/mol. The van der Waals surface area contributed by atoms with Crippen LogP contribution in [0.15, 0.2) is 18.2 Å². The van der Waals surface area contributed by atoms with E-state index in [-0.39, 0.29) is 0 Å². The summed E-state index contributed by atoms with van der Waals surface area (Å²) in [7, 11) is 0. The molecule has 3 nitrogen and oxygen atoms in total. The van der Waals surface area contributed by atoms with Crippen molar-refractivity contribution in [2.45, 2.75) is 46.0 Å². The predicted molar refractivity (Wildman–Crippen MR) is 86.2 cm³/mol. The summed E-state index contributed by atoms with van der Waals surface area (Å²) in [4.78, 5) is 0. The highest BCUT2D eigenvalue weighted by Crippen LogP contribution is 2.28.